The summed E-state index contributed by atoms with van der Waals surface area (Å²) >= 11 is 0. The molecule has 0 aliphatic carbocycles. The molecule has 0 radical (unpaired) electrons. The highest BCUT2D eigenvalue weighted by Crippen LogP contribution is 2.09. The smallest absolute Gasteiger partial charge is 0.146 e. The van der Waals surface area contributed by atoms with Crippen molar-refractivity contribution in [3.05, 3.63) is 0 Å². The van der Waals surface area contributed by atoms with Gasteiger partial charge in [0, 0.05) is 5.92 Å². The lowest BCUT2D eigenvalue weighted by atomic mass is 10.0. The monoisotopic (exact) mass is 160 g/mol. The largest absolute Gasteiger partial charge is 0.424 e. The molecule has 0 aromatic heterocycles. The van der Waals surface area contributed by atoms with Gasteiger partial charge in [-0.15, -0.1) is 0 Å². The third-order valence-electron chi connectivity index (χ3n) is 1.68. The molecule has 3 heteroatoms. The van der Waals surface area contributed by atoms with E-state index < -0.39 is 0 Å². The van der Waals surface area contributed by atoms with Crippen LogP contribution < -0.4 is 0 Å². The van der Waals surface area contributed by atoms with Gasteiger partial charge < -0.3 is 9.22 Å². The molecule has 0 saturated heterocycles. The molecule has 0 aromatic rings. The lowest BCUT2D eigenvalue weighted by Gasteiger charge is -2.17. The van der Waals surface area contributed by atoms with Crippen LogP contribution in [0.25, 0.3) is 0 Å². The molecule has 0 aliphatic heterocycles. The second-order valence-corrected chi connectivity index (χ2v) is 3.03. The Labute approximate surface area is 65.5 Å². The van der Waals surface area contributed by atoms with Gasteiger partial charge in [0.25, 0.3) is 0 Å². The fraction of sp³-hybridized carbons (Fsp3) is 0.857. The zero-order valence-corrected chi connectivity index (χ0v) is 8.96. The van der Waals surface area contributed by atoms with Gasteiger partial charge in [0.1, 0.15) is 16.8 Å². The zero-order valence-electron chi connectivity index (χ0n) is 6.96. The second kappa shape index (κ2) is 5.62. The summed E-state index contributed by atoms with van der Waals surface area (Å²) in [7, 11) is 0.730. The first-order chi connectivity index (χ1) is 4.76. The maximum atomic E-state index is 10.3. The Kier molecular flexibility index (Phi) is 5.53. The molecule has 0 aliphatic rings. The first-order valence-electron chi connectivity index (χ1n) is 3.74. The Morgan fingerprint density at radius 2 is 2.30 bits per heavy atom. The van der Waals surface area contributed by atoms with E-state index in [1.807, 2.05) is 6.92 Å². The summed E-state index contributed by atoms with van der Waals surface area (Å²) in [4.78, 5) is 10.3. The average Bonchev–Trinajstić information content (AvgIpc) is 1.99. The predicted molar refractivity (Wildman–Crippen MR) is 44.9 cm³/mol. The van der Waals surface area contributed by atoms with Gasteiger partial charge in [-0.2, -0.15) is 0 Å². The lowest BCUT2D eigenvalue weighted by molar-refractivity contribution is -0.113. The van der Waals surface area contributed by atoms with Crippen LogP contribution in [0, 0.1) is 5.92 Å². The van der Waals surface area contributed by atoms with Gasteiger partial charge in [-0.3, -0.25) is 0 Å². The molecular weight excluding hydrogens is 144 g/mol. The molecule has 0 heterocycles. The van der Waals surface area contributed by atoms with Gasteiger partial charge in [-0.05, 0) is 6.42 Å². The van der Waals surface area contributed by atoms with Crippen molar-refractivity contribution in [2.45, 2.75) is 32.8 Å². The number of carbonyl (C=O) groups is 1. The van der Waals surface area contributed by atoms with Gasteiger partial charge in [-0.25, -0.2) is 0 Å². The van der Waals surface area contributed by atoms with Crippen LogP contribution in [0.15, 0.2) is 0 Å². The minimum atomic E-state index is 0.0671. The molecular formula is C7H16O2Si. The molecule has 2 unspecified atom stereocenters. The first-order valence-corrected chi connectivity index (χ1v) is 4.56. The minimum Gasteiger partial charge on any atom is -0.424 e. The summed E-state index contributed by atoms with van der Waals surface area (Å²) in [6.45, 7) is 4.01. The SMILES string of the molecule is CCCC(O[SiH3])C(C)C=O. The maximum absolute atomic E-state index is 10.3. The van der Waals surface area contributed by atoms with Crippen molar-refractivity contribution in [3.63, 3.8) is 0 Å². The van der Waals surface area contributed by atoms with E-state index in [0.29, 0.717) is 0 Å². The van der Waals surface area contributed by atoms with Crippen molar-refractivity contribution < 1.29 is 9.22 Å². The number of carbonyl (C=O) groups excluding carboxylic acids is 1. The van der Waals surface area contributed by atoms with Crippen molar-refractivity contribution in [1.29, 1.82) is 0 Å². The predicted octanol–water partition coefficient (Wildman–Crippen LogP) is 0.287. The van der Waals surface area contributed by atoms with E-state index in [9.17, 15) is 4.79 Å². The topological polar surface area (TPSA) is 26.3 Å². The molecule has 2 atom stereocenters. The van der Waals surface area contributed by atoms with E-state index in [0.717, 1.165) is 29.6 Å². The Morgan fingerprint density at radius 3 is 2.60 bits per heavy atom. The molecule has 0 bridgehead atoms. The molecule has 60 valence electrons. The van der Waals surface area contributed by atoms with E-state index in [4.69, 9.17) is 4.43 Å². The van der Waals surface area contributed by atoms with Crippen LogP contribution in [0.2, 0.25) is 0 Å². The van der Waals surface area contributed by atoms with Crippen molar-refractivity contribution >= 4 is 16.8 Å². The van der Waals surface area contributed by atoms with Gasteiger partial charge in [0.2, 0.25) is 0 Å². The van der Waals surface area contributed by atoms with Gasteiger partial charge in [0.15, 0.2) is 0 Å². The van der Waals surface area contributed by atoms with E-state index in [-0.39, 0.29) is 12.0 Å². The fourth-order valence-corrected chi connectivity index (χ4v) is 1.63. The summed E-state index contributed by atoms with van der Waals surface area (Å²) in [5.41, 5.74) is 0. The lowest BCUT2D eigenvalue weighted by Crippen LogP contribution is -2.21. The Hall–Kier alpha value is -0.153. The Bertz CT molecular complexity index is 95.6. The van der Waals surface area contributed by atoms with Crippen LogP contribution in [-0.2, 0) is 9.22 Å². The highest BCUT2D eigenvalue weighted by atomic mass is 28.2. The van der Waals surface area contributed by atoms with Crippen molar-refractivity contribution in [3.8, 4) is 0 Å². The summed E-state index contributed by atoms with van der Waals surface area (Å²) in [5, 5.41) is 0. The number of hydrogen-bond donors (Lipinski definition) is 0. The zero-order chi connectivity index (χ0) is 7.98. The van der Waals surface area contributed by atoms with Crippen LogP contribution in [0.1, 0.15) is 26.7 Å². The maximum Gasteiger partial charge on any atom is 0.146 e. The molecule has 10 heavy (non-hydrogen) atoms. The second-order valence-electron chi connectivity index (χ2n) is 2.56. The van der Waals surface area contributed by atoms with E-state index in [1.165, 1.54) is 0 Å². The van der Waals surface area contributed by atoms with E-state index in [2.05, 4.69) is 6.92 Å². The van der Waals surface area contributed by atoms with Crippen LogP contribution in [-0.4, -0.2) is 22.9 Å². The number of rotatable bonds is 5. The van der Waals surface area contributed by atoms with Crippen LogP contribution >= 0.6 is 0 Å². The quantitative estimate of drug-likeness (QED) is 0.427. The van der Waals surface area contributed by atoms with Gasteiger partial charge in [0.05, 0.1) is 6.10 Å². The summed E-state index contributed by atoms with van der Waals surface area (Å²) in [6, 6.07) is 0. The van der Waals surface area contributed by atoms with Gasteiger partial charge >= 0.3 is 0 Å². The minimum absolute atomic E-state index is 0.0671. The Morgan fingerprint density at radius 1 is 1.70 bits per heavy atom. The van der Waals surface area contributed by atoms with Crippen LogP contribution in [0.3, 0.4) is 0 Å². The highest BCUT2D eigenvalue weighted by molar-refractivity contribution is 5.98. The summed E-state index contributed by atoms with van der Waals surface area (Å²) in [6.07, 6.45) is 3.24. The number of hydrogen-bond acceptors (Lipinski definition) is 2. The van der Waals surface area contributed by atoms with Crippen molar-refractivity contribution in [2.75, 3.05) is 0 Å². The fourth-order valence-electron chi connectivity index (χ4n) is 0.968. The molecule has 2 nitrogen and oxygen atoms in total. The molecule has 0 rings (SSSR count). The first kappa shape index (κ1) is 9.85. The third kappa shape index (κ3) is 3.13. The summed E-state index contributed by atoms with van der Waals surface area (Å²) < 4.78 is 5.25. The summed E-state index contributed by atoms with van der Waals surface area (Å²) in [5.74, 6) is 0.0671. The van der Waals surface area contributed by atoms with Gasteiger partial charge in [-0.1, -0.05) is 20.3 Å². The van der Waals surface area contributed by atoms with Crippen LogP contribution in [0.5, 0.6) is 0 Å². The van der Waals surface area contributed by atoms with Crippen molar-refractivity contribution in [1.82, 2.24) is 0 Å². The molecule has 0 saturated carbocycles. The number of aldehydes is 1. The average molecular weight is 160 g/mol. The Balaban J connectivity index is 3.67. The van der Waals surface area contributed by atoms with Crippen molar-refractivity contribution in [2.24, 2.45) is 5.92 Å². The normalized spacial score (nSPS) is 16.6. The molecule has 0 amide bonds. The highest BCUT2D eigenvalue weighted by Gasteiger charge is 2.13. The standard InChI is InChI=1S/C7H16O2Si/c1-3-4-7(9-10)6(2)5-8/h5-7H,3-4H2,1-2,10H3. The van der Waals surface area contributed by atoms with Crippen LogP contribution in [0.4, 0.5) is 0 Å². The molecule has 0 aromatic carbocycles. The third-order valence-corrected chi connectivity index (χ3v) is 2.28. The molecule has 0 N–H and O–H groups in total. The van der Waals surface area contributed by atoms with E-state index >= 15 is 0 Å². The molecule has 0 fully saturated rings. The van der Waals surface area contributed by atoms with E-state index in [1.54, 1.807) is 0 Å². The molecule has 0 spiro atoms.